The van der Waals surface area contributed by atoms with Crippen LogP contribution in [0.15, 0.2) is 30.3 Å². The second kappa shape index (κ2) is 15.1. The zero-order valence-corrected chi connectivity index (χ0v) is 28.6. The minimum Gasteiger partial charge on any atom is -0.497 e. The Labute approximate surface area is 281 Å². The minimum atomic E-state index is -1.58. The van der Waals surface area contributed by atoms with E-state index in [1.165, 1.54) is 0 Å². The lowest BCUT2D eigenvalue weighted by Crippen LogP contribution is -2.47. The summed E-state index contributed by atoms with van der Waals surface area (Å²) in [7, 11) is 8.72. The molecule has 13 nitrogen and oxygen atoms in total. The fourth-order valence-electron chi connectivity index (χ4n) is 5.82. The molecular weight excluding hydrogens is 638 g/mol. The normalized spacial score (nSPS) is 26.8. The summed E-state index contributed by atoms with van der Waals surface area (Å²) in [5.41, 5.74) is 2.17. The van der Waals surface area contributed by atoms with Crippen LogP contribution in [0.25, 0.3) is 11.6 Å². The van der Waals surface area contributed by atoms with Crippen LogP contribution in [0.5, 0.6) is 28.7 Å². The zero-order chi connectivity index (χ0) is 33.2. The third kappa shape index (κ3) is 7.90. The quantitative estimate of drug-likeness (QED) is 0.316. The molecule has 4 aliphatic heterocycles. The Hall–Kier alpha value is -2.85. The van der Waals surface area contributed by atoms with Crippen molar-refractivity contribution in [3.63, 3.8) is 0 Å². The first-order valence-corrected chi connectivity index (χ1v) is 15.2. The molecule has 0 aromatic heterocycles. The molecule has 0 bridgehead atoms. The molecule has 14 heteroatoms. The second-order valence-corrected chi connectivity index (χ2v) is 12.2. The molecule has 2 aromatic carbocycles. The van der Waals surface area contributed by atoms with E-state index in [-0.39, 0.29) is 31.7 Å². The maximum atomic E-state index is 11.0. The van der Waals surface area contributed by atoms with Crippen molar-refractivity contribution in [3.8, 4) is 28.7 Å². The molecule has 0 aliphatic carbocycles. The molecule has 0 saturated carbocycles. The van der Waals surface area contributed by atoms with Crippen molar-refractivity contribution >= 4 is 24.1 Å². The maximum Gasteiger partial charge on any atom is 0.270 e. The van der Waals surface area contributed by atoms with Gasteiger partial charge < -0.3 is 62.9 Å². The predicted octanol–water partition coefficient (Wildman–Crippen LogP) is 2.70. The molecule has 4 aliphatic rings. The second-order valence-electron chi connectivity index (χ2n) is 12.2. The Balaban J connectivity index is 0.000000212. The smallest absolute Gasteiger partial charge is 0.270 e. The van der Waals surface area contributed by atoms with E-state index < -0.39 is 36.2 Å². The van der Waals surface area contributed by atoms with Crippen molar-refractivity contribution in [3.05, 3.63) is 41.5 Å². The number of hydrogen-bond acceptors (Lipinski definition) is 13. The number of ether oxygens (including phenoxy) is 9. The van der Waals surface area contributed by atoms with Gasteiger partial charge in [0.1, 0.15) is 41.7 Å². The van der Waals surface area contributed by atoms with Gasteiger partial charge in [-0.1, -0.05) is 0 Å². The predicted molar refractivity (Wildman–Crippen MR) is 173 cm³/mol. The van der Waals surface area contributed by atoms with Crippen molar-refractivity contribution in [2.75, 3.05) is 61.8 Å². The third-order valence-corrected chi connectivity index (χ3v) is 8.07. The Morgan fingerprint density at radius 2 is 1.72 bits per heavy atom. The van der Waals surface area contributed by atoms with E-state index in [1.807, 2.05) is 46.2 Å². The highest BCUT2D eigenvalue weighted by atomic mass is 35.5. The molecular formula is C33H46ClNO12. The molecule has 3 N–H and O–H groups in total. The van der Waals surface area contributed by atoms with Crippen molar-refractivity contribution in [1.82, 2.24) is 4.90 Å². The first-order chi connectivity index (χ1) is 21.9. The lowest BCUT2D eigenvalue weighted by Gasteiger charge is -2.39. The average molecular weight is 684 g/mol. The minimum absolute atomic E-state index is 0. The van der Waals surface area contributed by atoms with Gasteiger partial charge in [0.05, 0.1) is 27.9 Å². The van der Waals surface area contributed by atoms with E-state index in [9.17, 15) is 10.2 Å². The molecule has 2 aromatic rings. The van der Waals surface area contributed by atoms with Gasteiger partial charge in [0.2, 0.25) is 0 Å². The standard InChI is InChI=1S/C19H18O6.C14H27NO6.ClH/c1-21-12-5-4-11-6-14-13-8-17(22-2)18(23-3)9-16(13)24-10-19(14,20)25-15(11)7-12;1-14(2)20-12-11(18-7-5-6-15(3)4)10(9(17)8-16)19-13(12)21-14;/h4-9,20H,10H2,1-3H3;9-13,16-17H,5-8H2,1-4H3;1H. The third-order valence-electron chi connectivity index (χ3n) is 8.07. The van der Waals surface area contributed by atoms with Crippen LogP contribution in [0, 0.1) is 0 Å². The Morgan fingerprint density at radius 1 is 1.00 bits per heavy atom. The highest BCUT2D eigenvalue weighted by Gasteiger charge is 2.57. The molecule has 0 amide bonds. The van der Waals surface area contributed by atoms with E-state index in [0.717, 1.165) is 18.5 Å². The highest BCUT2D eigenvalue weighted by Crippen LogP contribution is 2.49. The molecule has 262 valence electrons. The van der Waals surface area contributed by atoms with Crippen LogP contribution in [0.3, 0.4) is 0 Å². The van der Waals surface area contributed by atoms with Crippen molar-refractivity contribution in [2.24, 2.45) is 0 Å². The van der Waals surface area contributed by atoms with Crippen LogP contribution >= 0.6 is 12.4 Å². The van der Waals surface area contributed by atoms with Gasteiger partial charge in [-0.3, -0.25) is 0 Å². The summed E-state index contributed by atoms with van der Waals surface area (Å²) in [4.78, 5) is 2.08. The Bertz CT molecular complexity index is 1400. The van der Waals surface area contributed by atoms with Gasteiger partial charge >= 0.3 is 0 Å². The highest BCUT2D eigenvalue weighted by molar-refractivity contribution is 5.92. The summed E-state index contributed by atoms with van der Waals surface area (Å²) < 4.78 is 50.5. The van der Waals surface area contributed by atoms with Crippen LogP contribution in [-0.4, -0.2) is 124 Å². The van der Waals surface area contributed by atoms with Gasteiger partial charge in [-0.25, -0.2) is 0 Å². The fraction of sp³-hybridized carbons (Fsp3) is 0.576. The van der Waals surface area contributed by atoms with Gasteiger partial charge in [-0.2, -0.15) is 0 Å². The number of hydrogen-bond donors (Lipinski definition) is 3. The number of benzene rings is 2. The van der Waals surface area contributed by atoms with Crippen LogP contribution in [0.4, 0.5) is 0 Å². The van der Waals surface area contributed by atoms with Gasteiger partial charge in [0.15, 0.2) is 30.2 Å². The number of methoxy groups -OCH3 is 3. The van der Waals surface area contributed by atoms with Crippen LogP contribution in [0.2, 0.25) is 0 Å². The van der Waals surface area contributed by atoms with Crippen molar-refractivity contribution in [2.45, 2.75) is 62.5 Å². The molecule has 4 heterocycles. The Morgan fingerprint density at radius 3 is 2.38 bits per heavy atom. The lowest BCUT2D eigenvalue weighted by molar-refractivity contribution is -0.231. The molecule has 6 unspecified atom stereocenters. The van der Waals surface area contributed by atoms with Gasteiger partial charge in [-0.05, 0) is 65.2 Å². The number of aliphatic hydroxyl groups excluding tert-OH is 2. The van der Waals surface area contributed by atoms with E-state index in [2.05, 4.69) is 4.90 Å². The van der Waals surface area contributed by atoms with Crippen LogP contribution in [-0.2, 0) is 18.9 Å². The summed E-state index contributed by atoms with van der Waals surface area (Å²) in [5.74, 6) is 0.612. The van der Waals surface area contributed by atoms with Gasteiger partial charge in [0, 0.05) is 35.4 Å². The molecule has 47 heavy (non-hydrogen) atoms. The largest absolute Gasteiger partial charge is 0.497 e. The van der Waals surface area contributed by atoms with Crippen LogP contribution < -0.4 is 23.7 Å². The summed E-state index contributed by atoms with van der Waals surface area (Å²) in [6.45, 7) is 4.67. The number of rotatable bonds is 10. The van der Waals surface area contributed by atoms with Gasteiger partial charge in [0.25, 0.3) is 5.79 Å². The average Bonchev–Trinajstić information content (AvgIpc) is 3.52. The van der Waals surface area contributed by atoms with E-state index in [4.69, 9.17) is 47.7 Å². The summed E-state index contributed by atoms with van der Waals surface area (Å²) in [6, 6.07) is 9.00. The SMILES string of the molecule is CN(C)CCCOC1C(C(O)CO)OC2OC(C)(C)OC21.COc1ccc2c(c1)OC1(O)COc3cc(OC)c(OC)cc3C1=C2.Cl. The molecule has 2 fully saturated rings. The monoisotopic (exact) mass is 683 g/mol. The van der Waals surface area contributed by atoms with Crippen molar-refractivity contribution < 1.29 is 58.0 Å². The molecule has 2 saturated heterocycles. The molecule has 0 spiro atoms. The van der Waals surface area contributed by atoms with Gasteiger partial charge in [-0.15, -0.1) is 12.4 Å². The first kappa shape index (κ1) is 37.0. The summed E-state index contributed by atoms with van der Waals surface area (Å²) in [6.07, 6.45) is -0.277. The summed E-state index contributed by atoms with van der Waals surface area (Å²) >= 11 is 0. The van der Waals surface area contributed by atoms with E-state index in [0.29, 0.717) is 46.5 Å². The molecule has 6 atom stereocenters. The summed E-state index contributed by atoms with van der Waals surface area (Å²) in [5, 5.41) is 30.0. The number of halogens is 1. The fourth-order valence-corrected chi connectivity index (χ4v) is 5.82. The van der Waals surface area contributed by atoms with Crippen LogP contribution in [0.1, 0.15) is 31.4 Å². The first-order valence-electron chi connectivity index (χ1n) is 15.2. The number of fused-ring (bicyclic) bond motifs is 5. The maximum absolute atomic E-state index is 11.0. The topological polar surface area (TPSA) is 147 Å². The zero-order valence-electron chi connectivity index (χ0n) is 27.8. The molecule has 6 rings (SSSR count). The number of nitrogens with zero attached hydrogens (tertiary/aromatic N) is 1. The molecule has 0 radical (unpaired) electrons. The van der Waals surface area contributed by atoms with Crippen molar-refractivity contribution in [1.29, 1.82) is 0 Å². The lowest BCUT2D eigenvalue weighted by atomic mass is 9.90. The number of aliphatic hydroxyl groups is 3. The van der Waals surface area contributed by atoms with E-state index in [1.54, 1.807) is 39.5 Å². The van der Waals surface area contributed by atoms with E-state index >= 15 is 0 Å². The Kier molecular flexibility index (Phi) is 11.9.